The fraction of sp³-hybridized carbons (Fsp3) is 0.429. The average molecular weight is 357 g/mol. The maximum absolute atomic E-state index is 11.9. The molecule has 7 heteroatoms. The fourth-order valence-electron chi connectivity index (χ4n) is 2.16. The third-order valence-corrected chi connectivity index (χ3v) is 4.08. The van der Waals surface area contributed by atoms with Crippen LogP contribution >= 0.6 is 15.9 Å². The molecule has 1 aliphatic rings. The standard InChI is InChI=1S/C14H17BrN2O4/c1-14(5-2-6-21-14)8-16-13(20)17-11-7-9(12(18)19)3-4-10(11)15/h3-4,7H,2,5-6,8H2,1H3,(H,18,19)(H2,16,17,20). The summed E-state index contributed by atoms with van der Waals surface area (Å²) in [7, 11) is 0. The molecule has 2 rings (SSSR count). The minimum Gasteiger partial charge on any atom is -0.478 e. The number of carbonyl (C=O) groups is 2. The number of nitrogens with one attached hydrogen (secondary N) is 2. The van der Waals surface area contributed by atoms with Gasteiger partial charge in [0.25, 0.3) is 0 Å². The number of ether oxygens (including phenoxy) is 1. The lowest BCUT2D eigenvalue weighted by atomic mass is 10.0. The van der Waals surface area contributed by atoms with Gasteiger partial charge in [-0.15, -0.1) is 0 Å². The molecule has 1 atom stereocenters. The van der Waals surface area contributed by atoms with Crippen molar-refractivity contribution in [1.82, 2.24) is 5.32 Å². The molecule has 1 unspecified atom stereocenters. The molecule has 21 heavy (non-hydrogen) atoms. The zero-order valence-corrected chi connectivity index (χ0v) is 13.2. The summed E-state index contributed by atoms with van der Waals surface area (Å²) in [6.45, 7) is 3.09. The molecule has 0 radical (unpaired) electrons. The van der Waals surface area contributed by atoms with E-state index in [2.05, 4.69) is 26.6 Å². The molecule has 1 saturated heterocycles. The summed E-state index contributed by atoms with van der Waals surface area (Å²) in [6.07, 6.45) is 1.90. The SMILES string of the molecule is CC1(CNC(=O)Nc2cc(C(=O)O)ccc2Br)CCCO1. The van der Waals surface area contributed by atoms with Gasteiger partial charge in [-0.25, -0.2) is 9.59 Å². The van der Waals surface area contributed by atoms with Gasteiger partial charge in [-0.1, -0.05) is 0 Å². The van der Waals surface area contributed by atoms with Crippen molar-refractivity contribution < 1.29 is 19.4 Å². The van der Waals surface area contributed by atoms with E-state index >= 15 is 0 Å². The summed E-state index contributed by atoms with van der Waals surface area (Å²) in [5.41, 5.74) is 0.196. The van der Waals surface area contributed by atoms with E-state index in [0.29, 0.717) is 23.3 Å². The number of carbonyl (C=O) groups excluding carboxylic acids is 1. The summed E-state index contributed by atoms with van der Waals surface area (Å²) in [5, 5.41) is 14.3. The molecule has 1 fully saturated rings. The Labute approximate surface area is 131 Å². The van der Waals surface area contributed by atoms with Crippen molar-refractivity contribution in [3.8, 4) is 0 Å². The molecule has 1 aliphatic heterocycles. The molecule has 6 nitrogen and oxygen atoms in total. The number of carboxylic acid groups (broad SMARTS) is 1. The molecule has 1 aromatic rings. The van der Waals surface area contributed by atoms with Gasteiger partial charge in [-0.2, -0.15) is 0 Å². The van der Waals surface area contributed by atoms with Crippen LogP contribution < -0.4 is 10.6 Å². The third kappa shape index (κ3) is 4.18. The second-order valence-corrected chi connectivity index (χ2v) is 6.06. The number of rotatable bonds is 4. The first kappa shape index (κ1) is 15.8. The molecule has 0 spiro atoms. The molecule has 3 N–H and O–H groups in total. The van der Waals surface area contributed by atoms with E-state index < -0.39 is 12.0 Å². The Hall–Kier alpha value is -1.60. The number of urea groups is 1. The van der Waals surface area contributed by atoms with Crippen LogP contribution in [-0.4, -0.2) is 35.9 Å². The predicted octanol–water partition coefficient (Wildman–Crippen LogP) is 2.84. The zero-order valence-electron chi connectivity index (χ0n) is 11.6. The average Bonchev–Trinajstić information content (AvgIpc) is 2.86. The summed E-state index contributed by atoms with van der Waals surface area (Å²) < 4.78 is 6.20. The summed E-state index contributed by atoms with van der Waals surface area (Å²) in [6, 6.07) is 4.05. The fourth-order valence-corrected chi connectivity index (χ4v) is 2.51. The van der Waals surface area contributed by atoms with Crippen LogP contribution in [0.2, 0.25) is 0 Å². The highest BCUT2D eigenvalue weighted by molar-refractivity contribution is 9.10. The quantitative estimate of drug-likeness (QED) is 0.773. The number of amides is 2. The van der Waals surface area contributed by atoms with E-state index in [9.17, 15) is 9.59 Å². The Bertz CT molecular complexity index is 556. The number of carboxylic acids is 1. The van der Waals surface area contributed by atoms with Crippen LogP contribution in [0.3, 0.4) is 0 Å². The van der Waals surface area contributed by atoms with Crippen molar-refractivity contribution in [3.63, 3.8) is 0 Å². The summed E-state index contributed by atoms with van der Waals surface area (Å²) in [5.74, 6) is -1.04. The first-order chi connectivity index (χ1) is 9.89. The Balaban J connectivity index is 1.96. The minimum atomic E-state index is -1.04. The zero-order chi connectivity index (χ0) is 15.5. The van der Waals surface area contributed by atoms with Gasteiger partial charge in [0.15, 0.2) is 0 Å². The molecule has 114 valence electrons. The molecule has 2 amide bonds. The van der Waals surface area contributed by atoms with Gasteiger partial charge >= 0.3 is 12.0 Å². The lowest BCUT2D eigenvalue weighted by molar-refractivity contribution is 0.0232. The van der Waals surface area contributed by atoms with E-state index in [1.54, 1.807) is 6.07 Å². The van der Waals surface area contributed by atoms with E-state index in [4.69, 9.17) is 9.84 Å². The van der Waals surface area contributed by atoms with Crippen LogP contribution in [0, 0.1) is 0 Å². The molecule has 1 aromatic carbocycles. The highest BCUT2D eigenvalue weighted by Gasteiger charge is 2.30. The number of halogens is 1. The van der Waals surface area contributed by atoms with Gasteiger partial charge < -0.3 is 20.5 Å². The molecule has 0 bridgehead atoms. The second-order valence-electron chi connectivity index (χ2n) is 5.21. The van der Waals surface area contributed by atoms with Gasteiger partial charge in [-0.3, -0.25) is 0 Å². The number of aromatic carboxylic acids is 1. The summed E-state index contributed by atoms with van der Waals surface area (Å²) >= 11 is 3.28. The Morgan fingerprint density at radius 1 is 1.48 bits per heavy atom. The Morgan fingerprint density at radius 3 is 2.86 bits per heavy atom. The lowest BCUT2D eigenvalue weighted by Gasteiger charge is -2.23. The first-order valence-electron chi connectivity index (χ1n) is 6.61. The molecule has 1 heterocycles. The third-order valence-electron chi connectivity index (χ3n) is 3.38. The van der Waals surface area contributed by atoms with Crippen LogP contribution in [0.25, 0.3) is 0 Å². The van der Waals surface area contributed by atoms with Gasteiger partial charge in [0, 0.05) is 17.6 Å². The number of hydrogen-bond donors (Lipinski definition) is 3. The molecular formula is C14H17BrN2O4. The molecular weight excluding hydrogens is 340 g/mol. The monoisotopic (exact) mass is 356 g/mol. The van der Waals surface area contributed by atoms with Gasteiger partial charge in [0.1, 0.15) is 0 Å². The molecule has 0 saturated carbocycles. The lowest BCUT2D eigenvalue weighted by Crippen LogP contribution is -2.41. The molecule has 0 aromatic heterocycles. The largest absolute Gasteiger partial charge is 0.478 e. The van der Waals surface area contributed by atoms with Crippen LogP contribution in [0.5, 0.6) is 0 Å². The Morgan fingerprint density at radius 2 is 2.24 bits per heavy atom. The maximum atomic E-state index is 11.9. The number of benzene rings is 1. The number of hydrogen-bond acceptors (Lipinski definition) is 3. The van der Waals surface area contributed by atoms with Crippen molar-refractivity contribution in [2.75, 3.05) is 18.5 Å². The highest BCUT2D eigenvalue weighted by Crippen LogP contribution is 2.25. The van der Waals surface area contributed by atoms with E-state index in [-0.39, 0.29) is 11.2 Å². The van der Waals surface area contributed by atoms with Crippen LogP contribution in [0.15, 0.2) is 22.7 Å². The molecule has 0 aliphatic carbocycles. The normalized spacial score (nSPS) is 21.0. The maximum Gasteiger partial charge on any atom is 0.335 e. The van der Waals surface area contributed by atoms with Crippen molar-refractivity contribution >= 4 is 33.6 Å². The topological polar surface area (TPSA) is 87.7 Å². The summed E-state index contributed by atoms with van der Waals surface area (Å²) in [4.78, 5) is 22.8. The number of anilines is 1. The van der Waals surface area contributed by atoms with Crippen molar-refractivity contribution in [2.24, 2.45) is 0 Å². The van der Waals surface area contributed by atoms with E-state index in [0.717, 1.165) is 12.8 Å². The Kier molecular flexibility index (Phi) is 4.84. The minimum absolute atomic E-state index is 0.111. The highest BCUT2D eigenvalue weighted by atomic mass is 79.9. The van der Waals surface area contributed by atoms with Crippen LogP contribution in [0.4, 0.5) is 10.5 Å². The van der Waals surface area contributed by atoms with Crippen molar-refractivity contribution in [3.05, 3.63) is 28.2 Å². The second kappa shape index (κ2) is 6.44. The van der Waals surface area contributed by atoms with Crippen molar-refractivity contribution in [2.45, 2.75) is 25.4 Å². The predicted molar refractivity (Wildman–Crippen MR) is 81.7 cm³/mol. The van der Waals surface area contributed by atoms with Crippen LogP contribution in [0.1, 0.15) is 30.1 Å². The van der Waals surface area contributed by atoms with E-state index in [1.165, 1.54) is 12.1 Å². The van der Waals surface area contributed by atoms with Gasteiger partial charge in [-0.05, 0) is 53.9 Å². The van der Waals surface area contributed by atoms with Crippen molar-refractivity contribution in [1.29, 1.82) is 0 Å². The first-order valence-corrected chi connectivity index (χ1v) is 7.41. The smallest absolute Gasteiger partial charge is 0.335 e. The van der Waals surface area contributed by atoms with E-state index in [1.807, 2.05) is 6.92 Å². The van der Waals surface area contributed by atoms with Gasteiger partial charge in [0.2, 0.25) is 0 Å². The van der Waals surface area contributed by atoms with Gasteiger partial charge in [0.05, 0.1) is 16.9 Å². The van der Waals surface area contributed by atoms with Crippen LogP contribution in [-0.2, 0) is 4.74 Å².